The summed E-state index contributed by atoms with van der Waals surface area (Å²) in [5.74, 6) is 0. The summed E-state index contributed by atoms with van der Waals surface area (Å²) in [6.45, 7) is 0. The normalized spacial score (nSPS) is 10.5. The second kappa shape index (κ2) is 2.85. The van der Waals surface area contributed by atoms with E-state index in [4.69, 9.17) is 11.6 Å². The number of carbonyl (C=O) groups excluding carboxylic acids is 1. The zero-order valence-electron chi connectivity index (χ0n) is 6.86. The van der Waals surface area contributed by atoms with Crippen molar-refractivity contribution in [2.75, 3.05) is 0 Å². The molecule has 2 rings (SSSR count). The molecule has 0 saturated carbocycles. The lowest BCUT2D eigenvalue weighted by Gasteiger charge is -1.96. The highest BCUT2D eigenvalue weighted by molar-refractivity contribution is 6.67. The van der Waals surface area contributed by atoms with E-state index in [0.29, 0.717) is 11.3 Å². The molecule has 4 nitrogen and oxygen atoms in total. The number of hydrogen-bond donors (Lipinski definition) is 0. The van der Waals surface area contributed by atoms with Crippen molar-refractivity contribution in [1.82, 2.24) is 14.4 Å². The Bertz CT molecular complexity index is 482. The van der Waals surface area contributed by atoms with E-state index < -0.39 is 5.24 Å². The first kappa shape index (κ1) is 8.25. The van der Waals surface area contributed by atoms with Crippen molar-refractivity contribution < 1.29 is 4.79 Å². The van der Waals surface area contributed by atoms with Crippen molar-refractivity contribution in [3.05, 3.63) is 24.3 Å². The molecule has 0 radical (unpaired) electrons. The third kappa shape index (κ3) is 1.31. The maximum atomic E-state index is 10.9. The highest BCUT2D eigenvalue weighted by atomic mass is 35.5. The summed E-state index contributed by atoms with van der Waals surface area (Å²) in [7, 11) is 1.84. The largest absolute Gasteiger partial charge is 0.294 e. The lowest BCUT2D eigenvalue weighted by molar-refractivity contribution is 0.107. The Labute approximate surface area is 80.0 Å². The molecule has 0 aromatic carbocycles. The number of aromatic nitrogens is 3. The van der Waals surface area contributed by atoms with Crippen molar-refractivity contribution in [1.29, 1.82) is 0 Å². The molecular weight excluding hydrogens is 188 g/mol. The molecule has 0 N–H and O–H groups in total. The Morgan fingerprint density at radius 3 is 2.92 bits per heavy atom. The summed E-state index contributed by atoms with van der Waals surface area (Å²) in [6, 6.07) is 0. The summed E-state index contributed by atoms with van der Waals surface area (Å²) in [5, 5.41) is -0.516. The second-order valence-corrected chi connectivity index (χ2v) is 3.02. The number of halogens is 1. The molecule has 2 aromatic rings. The smallest absolute Gasteiger partial charge is 0.270 e. The first-order chi connectivity index (χ1) is 6.18. The number of imidazole rings is 1. The summed E-state index contributed by atoms with van der Waals surface area (Å²) in [6.07, 6.45) is 4.75. The van der Waals surface area contributed by atoms with Crippen molar-refractivity contribution >= 4 is 35.9 Å². The van der Waals surface area contributed by atoms with Crippen LogP contribution in [0.3, 0.4) is 0 Å². The van der Waals surface area contributed by atoms with E-state index in [-0.39, 0.29) is 0 Å². The fourth-order valence-electron chi connectivity index (χ4n) is 1.13. The van der Waals surface area contributed by atoms with Crippen LogP contribution in [0.15, 0.2) is 18.6 Å². The monoisotopic (exact) mass is 193 g/mol. The Balaban J connectivity index is 2.79. The molecule has 0 fully saturated rings. The lowest BCUT2D eigenvalue weighted by atomic mass is 10.1. The second-order valence-electron chi connectivity index (χ2n) is 2.67. The van der Waals surface area contributed by atoms with Gasteiger partial charge in [0.05, 0.1) is 12.4 Å². The van der Waals surface area contributed by atoms with Crippen molar-refractivity contribution in [2.24, 2.45) is 0 Å². The predicted octanol–water partition coefficient (Wildman–Crippen LogP) is -0.633. The standard InChI is InChI=1S/C7H5BClN3O/c8-5-3-12-4(7(9)13)1-11-6(12)2-10-5/h1-3H,8H2. The van der Waals surface area contributed by atoms with Crippen LogP contribution in [0, 0.1) is 0 Å². The fourth-order valence-corrected chi connectivity index (χ4v) is 1.27. The van der Waals surface area contributed by atoms with Crippen molar-refractivity contribution in [2.45, 2.75) is 0 Å². The molecule has 64 valence electrons. The van der Waals surface area contributed by atoms with E-state index in [1.165, 1.54) is 6.20 Å². The number of rotatable bonds is 1. The fraction of sp³-hybridized carbons (Fsp3) is 0. The molecule has 0 saturated heterocycles. The maximum absolute atomic E-state index is 10.9. The molecule has 6 heteroatoms. The Morgan fingerprint density at radius 1 is 1.46 bits per heavy atom. The van der Waals surface area contributed by atoms with Gasteiger partial charge in [0.2, 0.25) is 0 Å². The quantitative estimate of drug-likeness (QED) is 0.447. The van der Waals surface area contributed by atoms with Crippen LogP contribution in [0.2, 0.25) is 0 Å². The topological polar surface area (TPSA) is 47.3 Å². The lowest BCUT2D eigenvalue weighted by Crippen LogP contribution is -2.11. The van der Waals surface area contributed by atoms with Gasteiger partial charge in [-0.2, -0.15) is 0 Å². The van der Waals surface area contributed by atoms with Crippen LogP contribution in [-0.4, -0.2) is 27.5 Å². The molecule has 0 amide bonds. The molecule has 0 atom stereocenters. The van der Waals surface area contributed by atoms with Gasteiger partial charge in [0.25, 0.3) is 5.24 Å². The third-order valence-electron chi connectivity index (χ3n) is 1.73. The van der Waals surface area contributed by atoms with Crippen LogP contribution in [0.4, 0.5) is 0 Å². The van der Waals surface area contributed by atoms with Crippen LogP contribution in [0.1, 0.15) is 10.5 Å². The van der Waals surface area contributed by atoms with E-state index in [0.717, 1.165) is 5.59 Å². The van der Waals surface area contributed by atoms with E-state index in [2.05, 4.69) is 9.97 Å². The van der Waals surface area contributed by atoms with Gasteiger partial charge in [-0.3, -0.25) is 14.2 Å². The molecule has 2 aromatic heterocycles. The maximum Gasteiger partial charge on any atom is 0.270 e. The van der Waals surface area contributed by atoms with E-state index in [1.54, 1.807) is 16.8 Å². The Morgan fingerprint density at radius 2 is 2.23 bits per heavy atom. The summed E-state index contributed by atoms with van der Waals surface area (Å²) in [4.78, 5) is 18.9. The highest BCUT2D eigenvalue weighted by Gasteiger charge is 2.08. The van der Waals surface area contributed by atoms with Gasteiger partial charge >= 0.3 is 0 Å². The SMILES string of the molecule is Bc1cn2c(C(=O)Cl)cnc2cn1. The zero-order chi connectivity index (χ0) is 9.42. The molecule has 0 aliphatic rings. The van der Waals surface area contributed by atoms with Crippen molar-refractivity contribution in [3.8, 4) is 0 Å². The van der Waals surface area contributed by atoms with Gasteiger partial charge in [0.1, 0.15) is 5.69 Å². The zero-order valence-corrected chi connectivity index (χ0v) is 7.62. The molecule has 2 heterocycles. The molecule has 13 heavy (non-hydrogen) atoms. The number of carbonyl (C=O) groups is 1. The first-order valence-corrected chi connectivity index (χ1v) is 4.06. The minimum Gasteiger partial charge on any atom is -0.294 e. The van der Waals surface area contributed by atoms with Gasteiger partial charge in [-0.15, -0.1) is 0 Å². The van der Waals surface area contributed by atoms with Crippen LogP contribution < -0.4 is 5.59 Å². The molecule has 0 bridgehead atoms. The minimum absolute atomic E-state index is 0.363. The molecule has 0 spiro atoms. The summed E-state index contributed by atoms with van der Waals surface area (Å²) >= 11 is 5.36. The van der Waals surface area contributed by atoms with Crippen LogP contribution >= 0.6 is 11.6 Å². The van der Waals surface area contributed by atoms with Crippen LogP contribution in [0.5, 0.6) is 0 Å². The van der Waals surface area contributed by atoms with E-state index in [1.807, 2.05) is 7.85 Å². The van der Waals surface area contributed by atoms with E-state index in [9.17, 15) is 4.79 Å². The van der Waals surface area contributed by atoms with Crippen LogP contribution in [0.25, 0.3) is 5.65 Å². The average molecular weight is 193 g/mol. The van der Waals surface area contributed by atoms with Crippen LogP contribution in [-0.2, 0) is 0 Å². The molecule has 0 aliphatic carbocycles. The predicted molar refractivity (Wildman–Crippen MR) is 51.3 cm³/mol. The van der Waals surface area contributed by atoms with E-state index >= 15 is 0 Å². The number of hydrogen-bond acceptors (Lipinski definition) is 3. The minimum atomic E-state index is -0.516. The number of fused-ring (bicyclic) bond motifs is 1. The first-order valence-electron chi connectivity index (χ1n) is 3.68. The highest BCUT2D eigenvalue weighted by Crippen LogP contribution is 2.06. The Kier molecular flexibility index (Phi) is 1.81. The molecule has 0 aliphatic heterocycles. The van der Waals surface area contributed by atoms with Gasteiger partial charge in [-0.25, -0.2) is 4.98 Å². The third-order valence-corrected chi connectivity index (χ3v) is 1.92. The molecule has 0 unspecified atom stereocenters. The summed E-state index contributed by atoms with van der Waals surface area (Å²) in [5.41, 5.74) is 1.79. The van der Waals surface area contributed by atoms with Gasteiger partial charge in [0.15, 0.2) is 13.5 Å². The Hall–Kier alpha value is -1.36. The molecular formula is C7H5BClN3O. The van der Waals surface area contributed by atoms with Crippen molar-refractivity contribution in [3.63, 3.8) is 0 Å². The summed E-state index contributed by atoms with van der Waals surface area (Å²) < 4.78 is 1.62. The van der Waals surface area contributed by atoms with Gasteiger partial charge in [0, 0.05) is 11.8 Å². The van der Waals surface area contributed by atoms with Gasteiger partial charge in [-0.05, 0) is 11.6 Å². The number of nitrogens with zero attached hydrogens (tertiary/aromatic N) is 3. The van der Waals surface area contributed by atoms with Gasteiger partial charge < -0.3 is 0 Å². The van der Waals surface area contributed by atoms with Gasteiger partial charge in [-0.1, -0.05) is 0 Å². The average Bonchev–Trinajstić information content (AvgIpc) is 2.46.